The van der Waals surface area contributed by atoms with Crippen molar-refractivity contribution >= 4 is 29.9 Å². The van der Waals surface area contributed by atoms with Gasteiger partial charge in [-0.2, -0.15) is 0 Å². The normalized spacial score (nSPS) is 18.5. The molecule has 1 heterocycles. The lowest BCUT2D eigenvalue weighted by molar-refractivity contribution is -0.135. The second-order valence-corrected chi connectivity index (χ2v) is 4.84. The van der Waals surface area contributed by atoms with E-state index >= 15 is 0 Å². The Morgan fingerprint density at radius 2 is 2.37 bits per heavy atom. The zero-order chi connectivity index (χ0) is 13.0. The van der Waals surface area contributed by atoms with Crippen LogP contribution in [0.25, 0.3) is 0 Å². The highest BCUT2D eigenvalue weighted by Gasteiger charge is 2.24. The van der Waals surface area contributed by atoms with Crippen LogP contribution >= 0.6 is 24.0 Å². The second kappa shape index (κ2) is 7.70. The predicted octanol–water partition coefficient (Wildman–Crippen LogP) is 1.71. The van der Waals surface area contributed by atoms with Gasteiger partial charge in [0.15, 0.2) is 0 Å². The van der Waals surface area contributed by atoms with Crippen LogP contribution in [0.2, 0.25) is 5.02 Å². The van der Waals surface area contributed by atoms with E-state index in [1.165, 1.54) is 0 Å². The molecule has 6 heteroatoms. The molecule has 0 aromatic heterocycles. The van der Waals surface area contributed by atoms with Crippen molar-refractivity contribution in [1.29, 1.82) is 0 Å². The van der Waals surface area contributed by atoms with Crippen LogP contribution in [0, 0.1) is 0 Å². The van der Waals surface area contributed by atoms with Crippen LogP contribution in [0.3, 0.4) is 0 Å². The van der Waals surface area contributed by atoms with E-state index in [0.29, 0.717) is 24.8 Å². The molecule has 1 amide bonds. The average Bonchev–Trinajstić information content (AvgIpc) is 2.39. The van der Waals surface area contributed by atoms with Crippen molar-refractivity contribution in [2.24, 2.45) is 0 Å². The lowest BCUT2D eigenvalue weighted by Gasteiger charge is -2.27. The lowest BCUT2D eigenvalue weighted by atomic mass is 10.2. The molecule has 0 radical (unpaired) electrons. The first kappa shape index (κ1) is 16.2. The minimum Gasteiger partial charge on any atom is -0.378 e. The predicted molar refractivity (Wildman–Crippen MR) is 77.8 cm³/mol. The van der Waals surface area contributed by atoms with Gasteiger partial charge in [-0.1, -0.05) is 23.7 Å². The Morgan fingerprint density at radius 3 is 3.00 bits per heavy atom. The number of rotatable bonds is 3. The highest BCUT2D eigenvalue weighted by Crippen LogP contribution is 2.12. The number of amides is 1. The van der Waals surface area contributed by atoms with Gasteiger partial charge in [0.05, 0.1) is 13.2 Å². The molecule has 1 aliphatic heterocycles. The maximum Gasteiger partial charge on any atom is 0.242 e. The molecule has 0 bridgehead atoms. The number of nitrogens with one attached hydrogen (secondary N) is 1. The number of hydrogen-bond donors (Lipinski definition) is 1. The van der Waals surface area contributed by atoms with Crippen LogP contribution in [0.15, 0.2) is 24.3 Å². The fourth-order valence-corrected chi connectivity index (χ4v) is 2.19. The Morgan fingerprint density at radius 1 is 1.58 bits per heavy atom. The number of halogens is 2. The molecular weight excluding hydrogens is 287 g/mol. The summed E-state index contributed by atoms with van der Waals surface area (Å²) in [4.78, 5) is 13.8. The Hall–Kier alpha value is -0.810. The van der Waals surface area contributed by atoms with Crippen molar-refractivity contribution in [3.8, 4) is 0 Å². The third-order valence-corrected chi connectivity index (χ3v) is 3.14. The van der Waals surface area contributed by atoms with Crippen LogP contribution in [-0.4, -0.2) is 43.7 Å². The summed E-state index contributed by atoms with van der Waals surface area (Å²) >= 11 is 5.92. The standard InChI is InChI=1S/C13H17ClN2O2.ClH/c1-16(8-10-3-2-4-11(14)7-10)13(17)12-9-18-6-5-15-12;/h2-4,7,12,15H,5-6,8-9H2,1H3;1H. The van der Waals surface area contributed by atoms with Gasteiger partial charge in [0.25, 0.3) is 0 Å². The van der Waals surface area contributed by atoms with Crippen LogP contribution in [-0.2, 0) is 16.1 Å². The third kappa shape index (κ3) is 4.66. The molecule has 19 heavy (non-hydrogen) atoms. The van der Waals surface area contributed by atoms with Crippen LogP contribution in [0.4, 0.5) is 0 Å². The van der Waals surface area contributed by atoms with E-state index in [1.807, 2.05) is 24.3 Å². The fraction of sp³-hybridized carbons (Fsp3) is 0.462. The number of hydrogen-bond acceptors (Lipinski definition) is 3. The van der Waals surface area contributed by atoms with E-state index in [0.717, 1.165) is 12.1 Å². The molecular formula is C13H18Cl2N2O2. The average molecular weight is 305 g/mol. The molecule has 1 N–H and O–H groups in total. The molecule has 1 fully saturated rings. The molecule has 2 rings (SSSR count). The van der Waals surface area contributed by atoms with Crippen LogP contribution in [0.1, 0.15) is 5.56 Å². The second-order valence-electron chi connectivity index (χ2n) is 4.41. The Bertz CT molecular complexity index is 423. The fourth-order valence-electron chi connectivity index (χ4n) is 1.98. The first-order valence-electron chi connectivity index (χ1n) is 5.97. The number of nitrogens with zero attached hydrogens (tertiary/aromatic N) is 1. The topological polar surface area (TPSA) is 41.6 Å². The smallest absolute Gasteiger partial charge is 0.242 e. The summed E-state index contributed by atoms with van der Waals surface area (Å²) in [5, 5.41) is 3.84. The molecule has 1 aromatic carbocycles. The molecule has 1 aromatic rings. The van der Waals surface area contributed by atoms with Crippen LogP contribution < -0.4 is 5.32 Å². The molecule has 0 saturated carbocycles. The van der Waals surface area contributed by atoms with Gasteiger partial charge < -0.3 is 15.0 Å². The molecule has 1 saturated heterocycles. The zero-order valence-corrected chi connectivity index (χ0v) is 12.3. The van der Waals surface area contributed by atoms with Crippen molar-refractivity contribution in [2.75, 3.05) is 26.8 Å². The van der Waals surface area contributed by atoms with Crippen LogP contribution in [0.5, 0.6) is 0 Å². The minimum atomic E-state index is -0.233. The summed E-state index contributed by atoms with van der Waals surface area (Å²) < 4.78 is 5.29. The summed E-state index contributed by atoms with van der Waals surface area (Å²) in [7, 11) is 1.79. The monoisotopic (exact) mass is 304 g/mol. The summed E-state index contributed by atoms with van der Waals surface area (Å²) in [5.74, 6) is 0.0506. The summed E-state index contributed by atoms with van der Waals surface area (Å²) in [5.41, 5.74) is 1.02. The quantitative estimate of drug-likeness (QED) is 0.924. The first-order valence-corrected chi connectivity index (χ1v) is 6.35. The van der Waals surface area contributed by atoms with Crippen molar-refractivity contribution in [1.82, 2.24) is 10.2 Å². The minimum absolute atomic E-state index is 0. The molecule has 0 aliphatic carbocycles. The van der Waals surface area contributed by atoms with Gasteiger partial charge in [-0.15, -0.1) is 12.4 Å². The van der Waals surface area contributed by atoms with E-state index in [9.17, 15) is 4.79 Å². The largest absolute Gasteiger partial charge is 0.378 e. The number of ether oxygens (including phenoxy) is 1. The van der Waals surface area contributed by atoms with E-state index in [2.05, 4.69) is 5.32 Å². The SMILES string of the molecule is CN(Cc1cccc(Cl)c1)C(=O)C1COCCN1.Cl. The maximum absolute atomic E-state index is 12.1. The van der Waals surface area contributed by atoms with Crippen molar-refractivity contribution < 1.29 is 9.53 Å². The molecule has 1 atom stereocenters. The van der Waals surface area contributed by atoms with Gasteiger partial charge in [0, 0.05) is 25.2 Å². The van der Waals surface area contributed by atoms with Gasteiger partial charge >= 0.3 is 0 Å². The van der Waals surface area contributed by atoms with Gasteiger partial charge in [-0.25, -0.2) is 0 Å². The summed E-state index contributed by atoms with van der Waals surface area (Å²) in [6.45, 7) is 2.39. The number of morpholine rings is 1. The highest BCUT2D eigenvalue weighted by atomic mass is 35.5. The number of carbonyl (C=O) groups is 1. The number of carbonyl (C=O) groups excluding carboxylic acids is 1. The van der Waals surface area contributed by atoms with Crippen molar-refractivity contribution in [3.05, 3.63) is 34.9 Å². The Kier molecular flexibility index (Phi) is 6.58. The summed E-state index contributed by atoms with van der Waals surface area (Å²) in [6.07, 6.45) is 0. The Labute approximate surface area is 124 Å². The Balaban J connectivity index is 0.00000180. The third-order valence-electron chi connectivity index (χ3n) is 2.90. The zero-order valence-electron chi connectivity index (χ0n) is 10.8. The number of likely N-dealkylation sites (N-methyl/N-ethyl adjacent to an activating group) is 1. The summed E-state index contributed by atoms with van der Waals surface area (Å²) in [6, 6.07) is 7.31. The lowest BCUT2D eigenvalue weighted by Crippen LogP contribution is -2.51. The van der Waals surface area contributed by atoms with Crippen molar-refractivity contribution in [2.45, 2.75) is 12.6 Å². The van der Waals surface area contributed by atoms with E-state index in [4.69, 9.17) is 16.3 Å². The number of benzene rings is 1. The van der Waals surface area contributed by atoms with E-state index in [-0.39, 0.29) is 24.4 Å². The first-order chi connectivity index (χ1) is 8.66. The molecule has 1 aliphatic rings. The highest BCUT2D eigenvalue weighted by molar-refractivity contribution is 6.30. The van der Waals surface area contributed by atoms with Gasteiger partial charge in [-0.05, 0) is 17.7 Å². The van der Waals surface area contributed by atoms with Gasteiger partial charge in [-0.3, -0.25) is 4.79 Å². The molecule has 106 valence electrons. The van der Waals surface area contributed by atoms with Gasteiger partial charge in [0.1, 0.15) is 6.04 Å². The van der Waals surface area contributed by atoms with E-state index < -0.39 is 0 Å². The van der Waals surface area contributed by atoms with Crippen molar-refractivity contribution in [3.63, 3.8) is 0 Å². The molecule has 4 nitrogen and oxygen atoms in total. The molecule has 0 spiro atoms. The molecule has 1 unspecified atom stereocenters. The maximum atomic E-state index is 12.1. The van der Waals surface area contributed by atoms with Gasteiger partial charge in [0.2, 0.25) is 5.91 Å². The van der Waals surface area contributed by atoms with E-state index in [1.54, 1.807) is 11.9 Å².